The third-order valence-corrected chi connectivity index (χ3v) is 6.13. The maximum Gasteiger partial charge on any atom is 0.247 e. The van der Waals surface area contributed by atoms with Crippen molar-refractivity contribution in [2.75, 3.05) is 35.4 Å². The highest BCUT2D eigenvalue weighted by atomic mass is 32.2. The number of carbonyl (C=O) groups excluding carboxylic acids is 1. The fourth-order valence-corrected chi connectivity index (χ4v) is 4.07. The van der Waals surface area contributed by atoms with E-state index in [1.807, 2.05) is 18.2 Å². The van der Waals surface area contributed by atoms with E-state index in [1.54, 1.807) is 30.7 Å². The summed E-state index contributed by atoms with van der Waals surface area (Å²) in [6, 6.07) is 15.3. The zero-order valence-electron chi connectivity index (χ0n) is 18.2. The number of anilines is 5. The summed E-state index contributed by atoms with van der Waals surface area (Å²) in [6.07, 6.45) is 5.36. The molecule has 0 saturated carbocycles. The van der Waals surface area contributed by atoms with Crippen LogP contribution in [-0.2, 0) is 20.3 Å². The average molecular weight is 464 g/mol. The van der Waals surface area contributed by atoms with E-state index in [0.717, 1.165) is 25.3 Å². The van der Waals surface area contributed by atoms with Crippen LogP contribution < -0.4 is 16.0 Å². The lowest BCUT2D eigenvalue weighted by atomic mass is 9.98. The molecule has 1 aliphatic heterocycles. The van der Waals surface area contributed by atoms with Gasteiger partial charge in [0.05, 0.1) is 28.5 Å². The van der Waals surface area contributed by atoms with Crippen LogP contribution in [0.5, 0.6) is 0 Å². The summed E-state index contributed by atoms with van der Waals surface area (Å²) in [6.45, 7) is 5.03. The molecule has 2 heterocycles. The second kappa shape index (κ2) is 10.4. The van der Waals surface area contributed by atoms with Gasteiger partial charge in [0.25, 0.3) is 0 Å². The Labute approximate surface area is 195 Å². The molecule has 8 nitrogen and oxygen atoms in total. The maximum atomic E-state index is 12.2. The number of carbonyl (C=O) groups is 1. The van der Waals surface area contributed by atoms with Gasteiger partial charge in [-0.05, 0) is 48.4 Å². The number of nitrogens with one attached hydrogen (secondary N) is 3. The van der Waals surface area contributed by atoms with Crippen molar-refractivity contribution >= 4 is 45.5 Å². The van der Waals surface area contributed by atoms with Gasteiger partial charge in [-0.2, -0.15) is 4.98 Å². The number of nitrogens with zero attached hydrogens (tertiary/aromatic N) is 2. The van der Waals surface area contributed by atoms with E-state index in [0.29, 0.717) is 34.0 Å². The van der Waals surface area contributed by atoms with Crippen LogP contribution in [0.15, 0.2) is 72.3 Å². The van der Waals surface area contributed by atoms with Gasteiger partial charge in [0.15, 0.2) is 5.82 Å². The molecule has 2 atom stereocenters. The van der Waals surface area contributed by atoms with Crippen molar-refractivity contribution in [2.24, 2.45) is 0 Å². The predicted molar refractivity (Wildman–Crippen MR) is 131 cm³/mol. The lowest BCUT2D eigenvalue weighted by molar-refractivity contribution is -0.111. The number of hydrogen-bond acceptors (Lipinski definition) is 7. The Balaban J connectivity index is 1.53. The van der Waals surface area contributed by atoms with Gasteiger partial charge in [0.1, 0.15) is 0 Å². The second-order valence-corrected chi connectivity index (χ2v) is 8.92. The molecule has 0 bridgehead atoms. The van der Waals surface area contributed by atoms with Crippen molar-refractivity contribution in [1.29, 1.82) is 0 Å². The summed E-state index contributed by atoms with van der Waals surface area (Å²) in [4.78, 5) is 20.9. The fourth-order valence-electron chi connectivity index (χ4n) is 3.50. The van der Waals surface area contributed by atoms with Crippen molar-refractivity contribution in [3.05, 3.63) is 72.9 Å². The molecular weight excluding hydrogens is 438 g/mol. The molecular formula is C24H25N5O3S. The van der Waals surface area contributed by atoms with E-state index in [-0.39, 0.29) is 5.91 Å². The molecule has 1 amide bonds. The SMILES string of the molecule is C=CC(=O)Nc1cccc(Nc2nc(Nc3ccc([C@@H]4CCOC4)cc3)ncc2S(C)=O)c1. The summed E-state index contributed by atoms with van der Waals surface area (Å²) >= 11 is 0. The van der Waals surface area contributed by atoms with Gasteiger partial charge < -0.3 is 20.7 Å². The Hall–Kier alpha value is -3.56. The summed E-state index contributed by atoms with van der Waals surface area (Å²) in [5, 5.41) is 9.10. The van der Waals surface area contributed by atoms with E-state index < -0.39 is 10.8 Å². The minimum absolute atomic E-state index is 0.303. The highest BCUT2D eigenvalue weighted by Gasteiger charge is 2.17. The summed E-state index contributed by atoms with van der Waals surface area (Å²) in [5.41, 5.74) is 3.38. The van der Waals surface area contributed by atoms with E-state index in [2.05, 4.69) is 44.6 Å². The fraction of sp³-hybridized carbons (Fsp3) is 0.208. The number of aromatic nitrogens is 2. The molecule has 0 radical (unpaired) electrons. The smallest absolute Gasteiger partial charge is 0.247 e. The predicted octanol–water partition coefficient (Wildman–Crippen LogP) is 4.33. The monoisotopic (exact) mass is 463 g/mol. The molecule has 1 aromatic heterocycles. The largest absolute Gasteiger partial charge is 0.381 e. The van der Waals surface area contributed by atoms with Crippen molar-refractivity contribution < 1.29 is 13.7 Å². The second-order valence-electron chi connectivity index (χ2n) is 7.57. The first kappa shape index (κ1) is 22.6. The van der Waals surface area contributed by atoms with Gasteiger partial charge in [-0.25, -0.2) is 4.98 Å². The van der Waals surface area contributed by atoms with Crippen molar-refractivity contribution in [3.8, 4) is 0 Å². The lowest BCUT2D eigenvalue weighted by Gasteiger charge is -2.13. The topological polar surface area (TPSA) is 105 Å². The van der Waals surface area contributed by atoms with E-state index >= 15 is 0 Å². The van der Waals surface area contributed by atoms with Crippen LogP contribution >= 0.6 is 0 Å². The van der Waals surface area contributed by atoms with Gasteiger partial charge >= 0.3 is 0 Å². The molecule has 170 valence electrons. The zero-order chi connectivity index (χ0) is 23.2. The number of benzene rings is 2. The minimum Gasteiger partial charge on any atom is -0.381 e. The molecule has 3 N–H and O–H groups in total. The third kappa shape index (κ3) is 5.82. The maximum absolute atomic E-state index is 12.2. The van der Waals surface area contributed by atoms with E-state index in [4.69, 9.17) is 4.74 Å². The van der Waals surface area contributed by atoms with Crippen LogP contribution in [-0.4, -0.2) is 39.6 Å². The third-order valence-electron chi connectivity index (χ3n) is 5.21. The van der Waals surface area contributed by atoms with Gasteiger partial charge in [0, 0.05) is 35.8 Å². The molecule has 3 aromatic rings. The Morgan fingerprint density at radius 3 is 2.64 bits per heavy atom. The van der Waals surface area contributed by atoms with Crippen LogP contribution in [0.4, 0.5) is 28.8 Å². The molecule has 1 unspecified atom stereocenters. The Morgan fingerprint density at radius 1 is 1.15 bits per heavy atom. The highest BCUT2D eigenvalue weighted by molar-refractivity contribution is 7.84. The Bertz CT molecular complexity index is 1180. The molecule has 4 rings (SSSR count). The molecule has 1 aliphatic rings. The molecule has 2 aromatic carbocycles. The molecule has 0 aliphatic carbocycles. The first-order valence-electron chi connectivity index (χ1n) is 10.5. The van der Waals surface area contributed by atoms with Crippen LogP contribution in [0, 0.1) is 0 Å². The molecule has 0 spiro atoms. The molecule has 1 saturated heterocycles. The number of amides is 1. The van der Waals surface area contributed by atoms with Crippen molar-refractivity contribution in [1.82, 2.24) is 9.97 Å². The first-order chi connectivity index (χ1) is 16.0. The first-order valence-corrected chi connectivity index (χ1v) is 12.0. The molecule has 1 fully saturated rings. The highest BCUT2D eigenvalue weighted by Crippen LogP contribution is 2.28. The van der Waals surface area contributed by atoms with Crippen LogP contribution in [0.1, 0.15) is 17.9 Å². The van der Waals surface area contributed by atoms with Gasteiger partial charge in [-0.1, -0.05) is 24.8 Å². The van der Waals surface area contributed by atoms with E-state index in [9.17, 15) is 9.00 Å². The summed E-state index contributed by atoms with van der Waals surface area (Å²) < 4.78 is 17.7. The quantitative estimate of drug-likeness (QED) is 0.427. The van der Waals surface area contributed by atoms with Gasteiger partial charge in [-0.3, -0.25) is 9.00 Å². The average Bonchev–Trinajstić information content (AvgIpc) is 3.35. The van der Waals surface area contributed by atoms with Crippen molar-refractivity contribution in [3.63, 3.8) is 0 Å². The number of ether oxygens (including phenoxy) is 1. The van der Waals surface area contributed by atoms with Gasteiger partial charge in [0.2, 0.25) is 11.9 Å². The minimum atomic E-state index is -1.30. The van der Waals surface area contributed by atoms with Crippen LogP contribution in [0.3, 0.4) is 0 Å². The van der Waals surface area contributed by atoms with Crippen molar-refractivity contribution in [2.45, 2.75) is 17.2 Å². The molecule has 33 heavy (non-hydrogen) atoms. The molecule has 9 heteroatoms. The lowest BCUT2D eigenvalue weighted by Crippen LogP contribution is -2.08. The Kier molecular flexibility index (Phi) is 7.11. The standard InChI is InChI=1S/C24H25N5O3S/c1-3-22(30)26-19-5-4-6-20(13-19)27-23-21(33(2)31)14-25-24(29-23)28-18-9-7-16(8-10-18)17-11-12-32-15-17/h3-10,13-14,17H,1,11-12,15H2,2H3,(H,26,30)(H2,25,27,28,29)/t17-,33?/m1/s1. The zero-order valence-corrected chi connectivity index (χ0v) is 19.0. The normalized spacial score (nSPS) is 16.1. The summed E-state index contributed by atoms with van der Waals surface area (Å²) in [5.74, 6) is 0.930. The number of hydrogen-bond donors (Lipinski definition) is 3. The number of rotatable bonds is 8. The van der Waals surface area contributed by atoms with Gasteiger partial charge in [-0.15, -0.1) is 0 Å². The van der Waals surface area contributed by atoms with Crippen LogP contribution in [0.2, 0.25) is 0 Å². The van der Waals surface area contributed by atoms with Crippen LogP contribution in [0.25, 0.3) is 0 Å². The van der Waals surface area contributed by atoms with E-state index in [1.165, 1.54) is 11.6 Å². The summed E-state index contributed by atoms with van der Waals surface area (Å²) in [7, 11) is -1.30. The Morgan fingerprint density at radius 2 is 1.94 bits per heavy atom.